The van der Waals surface area contributed by atoms with Gasteiger partial charge in [0, 0.05) is 18.7 Å². The number of aliphatic hydroxyl groups excluding tert-OH is 1. The zero-order chi connectivity index (χ0) is 23.7. The molecule has 1 fully saturated rings. The van der Waals surface area contributed by atoms with E-state index in [1.54, 1.807) is 23.1 Å². The van der Waals surface area contributed by atoms with Crippen molar-refractivity contribution < 1.29 is 19.4 Å². The molecule has 4 rings (SSSR count). The standard InChI is InChI=1S/C26H25ClN2O4/c1-28(2)13-14-29-23(19-10-6-8-16-7-4-5-9-18(16)19)22(25(31)26(29)32)24(30)17-11-12-20(27)21(15-17)33-3/h4-12,15,23,30H,13-14H2,1-3H3/b24-22-. The SMILES string of the molecule is COc1cc(/C(O)=C2/C(=O)C(=O)N(CCN(C)C)C2c2cccc3ccccc23)ccc1Cl. The maximum atomic E-state index is 13.2. The van der Waals surface area contributed by atoms with E-state index in [2.05, 4.69) is 0 Å². The molecule has 3 aromatic carbocycles. The molecule has 0 spiro atoms. The number of likely N-dealkylation sites (tertiary alicyclic amines) is 1. The molecule has 33 heavy (non-hydrogen) atoms. The first-order valence-corrected chi connectivity index (χ1v) is 11.0. The Morgan fingerprint density at radius 2 is 1.82 bits per heavy atom. The van der Waals surface area contributed by atoms with Crippen LogP contribution < -0.4 is 4.74 Å². The summed E-state index contributed by atoms with van der Waals surface area (Å²) in [4.78, 5) is 29.9. The molecular formula is C26H25ClN2O4. The van der Waals surface area contributed by atoms with Crippen LogP contribution in [0.3, 0.4) is 0 Å². The van der Waals surface area contributed by atoms with E-state index in [-0.39, 0.29) is 11.3 Å². The van der Waals surface area contributed by atoms with Crippen molar-refractivity contribution in [1.82, 2.24) is 9.80 Å². The zero-order valence-corrected chi connectivity index (χ0v) is 19.5. The topological polar surface area (TPSA) is 70.1 Å². The van der Waals surface area contributed by atoms with Crippen LogP contribution in [0.2, 0.25) is 5.02 Å². The number of ketones is 1. The third kappa shape index (κ3) is 4.19. The van der Waals surface area contributed by atoms with Gasteiger partial charge in [-0.25, -0.2) is 0 Å². The van der Waals surface area contributed by atoms with Gasteiger partial charge in [0.05, 0.1) is 23.7 Å². The quantitative estimate of drug-likeness (QED) is 0.331. The van der Waals surface area contributed by atoms with Gasteiger partial charge < -0.3 is 19.6 Å². The average molecular weight is 465 g/mol. The molecular weight excluding hydrogens is 440 g/mol. The number of hydrogen-bond donors (Lipinski definition) is 1. The maximum absolute atomic E-state index is 13.2. The van der Waals surface area contributed by atoms with Crippen molar-refractivity contribution in [1.29, 1.82) is 0 Å². The molecule has 1 N–H and O–H groups in total. The highest BCUT2D eigenvalue weighted by molar-refractivity contribution is 6.46. The summed E-state index contributed by atoms with van der Waals surface area (Å²) < 4.78 is 5.27. The highest BCUT2D eigenvalue weighted by atomic mass is 35.5. The molecule has 1 aliphatic rings. The predicted octanol–water partition coefficient (Wildman–Crippen LogP) is 4.49. The lowest BCUT2D eigenvalue weighted by atomic mass is 9.91. The van der Waals surface area contributed by atoms with Crippen molar-refractivity contribution in [2.75, 3.05) is 34.3 Å². The van der Waals surface area contributed by atoms with Crippen LogP contribution in [0.15, 0.2) is 66.2 Å². The Labute approximate surface area is 197 Å². The fraction of sp³-hybridized carbons (Fsp3) is 0.231. The van der Waals surface area contributed by atoms with Crippen LogP contribution in [0.1, 0.15) is 17.2 Å². The number of ether oxygens (including phenoxy) is 1. The number of likely N-dealkylation sites (N-methyl/N-ethyl adjacent to an activating group) is 1. The molecule has 1 atom stereocenters. The van der Waals surface area contributed by atoms with Gasteiger partial charge in [-0.2, -0.15) is 0 Å². The number of nitrogens with zero attached hydrogens (tertiary/aromatic N) is 2. The maximum Gasteiger partial charge on any atom is 0.295 e. The summed E-state index contributed by atoms with van der Waals surface area (Å²) in [6, 6.07) is 17.6. The molecule has 1 saturated heterocycles. The number of amides is 1. The molecule has 0 aromatic heterocycles. The fourth-order valence-corrected chi connectivity index (χ4v) is 4.39. The summed E-state index contributed by atoms with van der Waals surface area (Å²) in [5.41, 5.74) is 1.19. The largest absolute Gasteiger partial charge is 0.507 e. The first-order chi connectivity index (χ1) is 15.8. The Morgan fingerprint density at radius 1 is 1.09 bits per heavy atom. The van der Waals surface area contributed by atoms with Crippen LogP contribution in [0.5, 0.6) is 5.75 Å². The Bertz CT molecular complexity index is 1260. The molecule has 170 valence electrons. The second-order valence-corrected chi connectivity index (χ2v) is 8.62. The third-order valence-corrected chi connectivity index (χ3v) is 6.18. The number of hydrogen-bond acceptors (Lipinski definition) is 5. The normalized spacial score (nSPS) is 17.8. The van der Waals surface area contributed by atoms with Crippen LogP contribution in [-0.4, -0.2) is 60.9 Å². The second kappa shape index (κ2) is 9.25. The van der Waals surface area contributed by atoms with Gasteiger partial charge >= 0.3 is 0 Å². The van der Waals surface area contributed by atoms with Crippen LogP contribution in [0.4, 0.5) is 0 Å². The molecule has 1 unspecified atom stereocenters. The van der Waals surface area contributed by atoms with Gasteiger partial charge in [-0.05, 0) is 48.6 Å². The minimum Gasteiger partial charge on any atom is -0.507 e. The minimum atomic E-state index is -0.724. The fourth-order valence-electron chi connectivity index (χ4n) is 4.19. The number of fused-ring (bicyclic) bond motifs is 1. The predicted molar refractivity (Wildman–Crippen MR) is 130 cm³/mol. The van der Waals surface area contributed by atoms with E-state index in [1.165, 1.54) is 7.11 Å². The van der Waals surface area contributed by atoms with Crippen LogP contribution in [0.25, 0.3) is 16.5 Å². The van der Waals surface area contributed by atoms with E-state index < -0.39 is 17.7 Å². The summed E-state index contributed by atoms with van der Waals surface area (Å²) in [5, 5.41) is 13.6. The lowest BCUT2D eigenvalue weighted by Gasteiger charge is -2.27. The Balaban J connectivity index is 1.95. The van der Waals surface area contributed by atoms with Gasteiger partial charge in [-0.1, -0.05) is 54.1 Å². The number of methoxy groups -OCH3 is 1. The monoisotopic (exact) mass is 464 g/mol. The van der Waals surface area contributed by atoms with E-state index in [9.17, 15) is 14.7 Å². The number of carbonyl (C=O) groups is 2. The van der Waals surface area contributed by atoms with Gasteiger partial charge in [-0.15, -0.1) is 0 Å². The van der Waals surface area contributed by atoms with E-state index in [0.29, 0.717) is 29.4 Å². The molecule has 1 heterocycles. The molecule has 7 heteroatoms. The highest BCUT2D eigenvalue weighted by Gasteiger charge is 2.46. The highest BCUT2D eigenvalue weighted by Crippen LogP contribution is 2.42. The minimum absolute atomic E-state index is 0.0551. The Kier molecular flexibility index (Phi) is 6.40. The molecule has 0 aliphatic carbocycles. The van der Waals surface area contributed by atoms with Gasteiger partial charge in [0.25, 0.3) is 11.7 Å². The number of benzene rings is 3. The van der Waals surface area contributed by atoms with Crippen molar-refractivity contribution in [3.8, 4) is 5.75 Å². The first-order valence-electron chi connectivity index (χ1n) is 10.6. The molecule has 6 nitrogen and oxygen atoms in total. The number of carbonyl (C=O) groups excluding carboxylic acids is 2. The third-order valence-electron chi connectivity index (χ3n) is 5.87. The summed E-state index contributed by atoms with van der Waals surface area (Å²) in [7, 11) is 5.29. The van der Waals surface area contributed by atoms with E-state index >= 15 is 0 Å². The first kappa shape index (κ1) is 22.8. The van der Waals surface area contributed by atoms with Crippen molar-refractivity contribution >= 4 is 39.8 Å². The molecule has 0 bridgehead atoms. The number of Topliss-reactive ketones (excluding diaryl/α,β-unsaturated/α-hetero) is 1. The molecule has 0 radical (unpaired) electrons. The Hall–Kier alpha value is -3.35. The van der Waals surface area contributed by atoms with Crippen LogP contribution in [-0.2, 0) is 9.59 Å². The molecule has 3 aromatic rings. The van der Waals surface area contributed by atoms with Crippen LogP contribution >= 0.6 is 11.6 Å². The smallest absolute Gasteiger partial charge is 0.295 e. The number of aliphatic hydroxyl groups is 1. The molecule has 0 saturated carbocycles. The molecule has 1 aliphatic heterocycles. The van der Waals surface area contributed by atoms with Crippen molar-refractivity contribution in [2.24, 2.45) is 0 Å². The summed E-state index contributed by atoms with van der Waals surface area (Å²) in [5.74, 6) is -1.23. The number of halogens is 1. The zero-order valence-electron chi connectivity index (χ0n) is 18.7. The second-order valence-electron chi connectivity index (χ2n) is 8.21. The van der Waals surface area contributed by atoms with Crippen LogP contribution in [0, 0.1) is 0 Å². The van der Waals surface area contributed by atoms with Gasteiger partial charge in [0.2, 0.25) is 0 Å². The summed E-state index contributed by atoms with van der Waals surface area (Å²) >= 11 is 6.14. The van der Waals surface area contributed by atoms with Crippen molar-refractivity contribution in [2.45, 2.75) is 6.04 Å². The van der Waals surface area contributed by atoms with Gasteiger partial charge in [0.15, 0.2) is 0 Å². The number of rotatable bonds is 6. The Morgan fingerprint density at radius 3 is 2.55 bits per heavy atom. The lowest BCUT2D eigenvalue weighted by molar-refractivity contribution is -0.140. The average Bonchev–Trinajstić information content (AvgIpc) is 3.06. The van der Waals surface area contributed by atoms with E-state index in [1.807, 2.05) is 61.5 Å². The summed E-state index contributed by atoms with van der Waals surface area (Å²) in [6.07, 6.45) is 0. The molecule has 1 amide bonds. The van der Waals surface area contributed by atoms with Gasteiger partial charge in [0.1, 0.15) is 11.5 Å². The summed E-state index contributed by atoms with van der Waals surface area (Å²) in [6.45, 7) is 0.912. The van der Waals surface area contributed by atoms with Gasteiger partial charge in [-0.3, -0.25) is 9.59 Å². The lowest BCUT2D eigenvalue weighted by Crippen LogP contribution is -2.35. The van der Waals surface area contributed by atoms with E-state index in [0.717, 1.165) is 16.3 Å². The van der Waals surface area contributed by atoms with Crippen molar-refractivity contribution in [3.05, 3.63) is 82.4 Å². The van der Waals surface area contributed by atoms with Crippen molar-refractivity contribution in [3.63, 3.8) is 0 Å². The van der Waals surface area contributed by atoms with E-state index in [4.69, 9.17) is 16.3 Å².